The van der Waals surface area contributed by atoms with Crippen LogP contribution in [0.3, 0.4) is 0 Å². The Morgan fingerprint density at radius 1 is 1.35 bits per heavy atom. The van der Waals surface area contributed by atoms with E-state index in [4.69, 9.17) is 4.99 Å². The number of aryl methyl sites for hydroxylation is 1. The first kappa shape index (κ1) is 14.5. The molecule has 0 amide bonds. The van der Waals surface area contributed by atoms with Gasteiger partial charge in [0.05, 0.1) is 11.2 Å². The highest BCUT2D eigenvalue weighted by Crippen LogP contribution is 2.42. The van der Waals surface area contributed by atoms with E-state index in [9.17, 15) is 0 Å². The molecule has 4 heteroatoms. The van der Waals surface area contributed by atoms with Gasteiger partial charge in [0.25, 0.3) is 0 Å². The molecule has 2 aliphatic rings. The number of nitrogens with zero attached hydrogens (tertiary/aromatic N) is 1. The van der Waals surface area contributed by atoms with Crippen LogP contribution in [-0.4, -0.2) is 16.5 Å². The summed E-state index contributed by atoms with van der Waals surface area (Å²) in [4.78, 5) is 5.02. The molecule has 1 aliphatic carbocycles. The van der Waals surface area contributed by atoms with Crippen molar-refractivity contribution in [2.24, 2.45) is 10.9 Å². The molecular weight excluding hydrogens is 332 g/mol. The number of halogens is 1. The Labute approximate surface area is 134 Å². The van der Waals surface area contributed by atoms with Gasteiger partial charge in [-0.05, 0) is 72.2 Å². The minimum Gasteiger partial charge on any atom is -0.334 e. The molecule has 1 aliphatic heterocycles. The molecule has 1 aromatic carbocycles. The summed E-state index contributed by atoms with van der Waals surface area (Å²) >= 11 is 5.50. The molecule has 2 nitrogen and oxygen atoms in total. The molecule has 108 valence electrons. The zero-order valence-corrected chi connectivity index (χ0v) is 14.5. The standard InChI is InChI=1S/C16H21BrN2S/c1-11-5-7-16(8-6-11)10-20-15(19-16)18-14-4-3-12(2)9-13(14)17/h3-4,9,11H,5-8,10H2,1-2H3,(H,18,19). The summed E-state index contributed by atoms with van der Waals surface area (Å²) < 4.78 is 1.11. The van der Waals surface area contributed by atoms with Crippen LogP contribution in [0.1, 0.15) is 38.2 Å². The molecule has 0 atom stereocenters. The van der Waals surface area contributed by atoms with Gasteiger partial charge in [0.2, 0.25) is 0 Å². The number of hydrogen-bond acceptors (Lipinski definition) is 3. The molecule has 1 heterocycles. The molecule has 1 saturated carbocycles. The molecule has 1 aromatic rings. The predicted octanol–water partition coefficient (Wildman–Crippen LogP) is 5.22. The highest BCUT2D eigenvalue weighted by molar-refractivity contribution is 9.10. The number of amidine groups is 1. The lowest BCUT2D eigenvalue weighted by Crippen LogP contribution is -2.32. The van der Waals surface area contributed by atoms with E-state index < -0.39 is 0 Å². The van der Waals surface area contributed by atoms with Crippen molar-refractivity contribution in [1.29, 1.82) is 0 Å². The topological polar surface area (TPSA) is 24.4 Å². The summed E-state index contributed by atoms with van der Waals surface area (Å²) in [6.45, 7) is 4.47. The number of aliphatic imine (C=N–C) groups is 1. The average molecular weight is 353 g/mol. The quantitative estimate of drug-likeness (QED) is 0.748. The van der Waals surface area contributed by atoms with Gasteiger partial charge in [0.1, 0.15) is 0 Å². The van der Waals surface area contributed by atoms with E-state index in [0.29, 0.717) is 0 Å². The molecule has 1 spiro atoms. The van der Waals surface area contributed by atoms with Crippen molar-refractivity contribution in [3.63, 3.8) is 0 Å². The molecule has 20 heavy (non-hydrogen) atoms. The monoisotopic (exact) mass is 352 g/mol. The normalized spacial score (nSPS) is 29.6. The van der Waals surface area contributed by atoms with Gasteiger partial charge < -0.3 is 5.32 Å². The van der Waals surface area contributed by atoms with E-state index in [-0.39, 0.29) is 5.54 Å². The van der Waals surface area contributed by atoms with Crippen molar-refractivity contribution in [3.05, 3.63) is 28.2 Å². The number of nitrogens with one attached hydrogen (secondary N) is 1. The third kappa shape index (κ3) is 3.06. The summed E-state index contributed by atoms with van der Waals surface area (Å²) in [7, 11) is 0. The van der Waals surface area contributed by atoms with Crippen LogP contribution >= 0.6 is 27.7 Å². The van der Waals surface area contributed by atoms with Crippen LogP contribution in [0.15, 0.2) is 27.7 Å². The van der Waals surface area contributed by atoms with E-state index in [1.165, 1.54) is 31.2 Å². The fourth-order valence-electron chi connectivity index (χ4n) is 2.94. The minimum absolute atomic E-state index is 0.219. The molecule has 1 fully saturated rings. The third-order valence-corrected chi connectivity index (χ3v) is 6.19. The second-order valence-electron chi connectivity index (χ2n) is 6.22. The number of benzene rings is 1. The molecule has 0 aromatic heterocycles. The molecule has 0 bridgehead atoms. The fraction of sp³-hybridized carbons (Fsp3) is 0.562. The average Bonchev–Trinajstić information content (AvgIpc) is 2.80. The maximum atomic E-state index is 5.02. The van der Waals surface area contributed by atoms with Crippen LogP contribution in [-0.2, 0) is 0 Å². The van der Waals surface area contributed by atoms with Crippen molar-refractivity contribution in [1.82, 2.24) is 0 Å². The van der Waals surface area contributed by atoms with Crippen LogP contribution in [0, 0.1) is 12.8 Å². The Balaban J connectivity index is 1.72. The zero-order valence-electron chi connectivity index (χ0n) is 12.1. The fourth-order valence-corrected chi connectivity index (χ4v) is 4.73. The van der Waals surface area contributed by atoms with Gasteiger partial charge in [0.15, 0.2) is 5.17 Å². The number of hydrogen-bond donors (Lipinski definition) is 1. The number of anilines is 1. The van der Waals surface area contributed by atoms with Crippen molar-refractivity contribution in [2.75, 3.05) is 11.1 Å². The summed E-state index contributed by atoms with van der Waals surface area (Å²) in [5.41, 5.74) is 2.60. The van der Waals surface area contributed by atoms with Crippen LogP contribution in [0.5, 0.6) is 0 Å². The molecule has 3 rings (SSSR count). The molecule has 1 N–H and O–H groups in total. The van der Waals surface area contributed by atoms with Crippen molar-refractivity contribution in [3.8, 4) is 0 Å². The van der Waals surface area contributed by atoms with E-state index in [1.807, 2.05) is 11.8 Å². The second-order valence-corrected chi connectivity index (χ2v) is 8.04. The van der Waals surface area contributed by atoms with Crippen molar-refractivity contribution < 1.29 is 0 Å². The lowest BCUT2D eigenvalue weighted by atomic mass is 9.79. The van der Waals surface area contributed by atoms with E-state index in [1.54, 1.807) is 0 Å². The smallest absolute Gasteiger partial charge is 0.161 e. The highest BCUT2D eigenvalue weighted by Gasteiger charge is 2.38. The van der Waals surface area contributed by atoms with Gasteiger partial charge in [-0.15, -0.1) is 0 Å². The van der Waals surface area contributed by atoms with Crippen molar-refractivity contribution >= 4 is 38.5 Å². The molecule has 0 radical (unpaired) electrons. The minimum atomic E-state index is 0.219. The second kappa shape index (κ2) is 5.72. The van der Waals surface area contributed by atoms with E-state index in [2.05, 4.69) is 53.3 Å². The summed E-state index contributed by atoms with van der Waals surface area (Å²) in [5.74, 6) is 2.02. The van der Waals surface area contributed by atoms with Gasteiger partial charge in [-0.1, -0.05) is 24.8 Å². The third-order valence-electron chi connectivity index (χ3n) is 4.39. The summed E-state index contributed by atoms with van der Waals surface area (Å²) in [6, 6.07) is 6.39. The maximum Gasteiger partial charge on any atom is 0.161 e. The van der Waals surface area contributed by atoms with Gasteiger partial charge in [-0.3, -0.25) is 4.99 Å². The summed E-state index contributed by atoms with van der Waals surface area (Å²) in [6.07, 6.45) is 5.15. The van der Waals surface area contributed by atoms with Crippen LogP contribution in [0.25, 0.3) is 0 Å². The van der Waals surface area contributed by atoms with Crippen LogP contribution in [0.2, 0.25) is 0 Å². The highest BCUT2D eigenvalue weighted by atomic mass is 79.9. The molecule has 0 unspecified atom stereocenters. The SMILES string of the molecule is Cc1ccc(NC2=NC3(CCC(C)CC3)CS2)c(Br)c1. The Bertz CT molecular complexity index is 533. The van der Waals surface area contributed by atoms with Gasteiger partial charge in [-0.2, -0.15) is 0 Å². The predicted molar refractivity (Wildman–Crippen MR) is 92.8 cm³/mol. The number of rotatable bonds is 1. The van der Waals surface area contributed by atoms with Crippen molar-refractivity contribution in [2.45, 2.75) is 45.1 Å². The Morgan fingerprint density at radius 3 is 2.80 bits per heavy atom. The van der Waals surface area contributed by atoms with Gasteiger partial charge >= 0.3 is 0 Å². The van der Waals surface area contributed by atoms with Crippen LogP contribution in [0.4, 0.5) is 5.69 Å². The van der Waals surface area contributed by atoms with Gasteiger partial charge in [0, 0.05) is 10.2 Å². The Hall–Kier alpha value is -0.480. The van der Waals surface area contributed by atoms with E-state index in [0.717, 1.165) is 27.0 Å². The first-order valence-corrected chi connectivity index (χ1v) is 9.10. The lowest BCUT2D eigenvalue weighted by Gasteiger charge is -2.32. The summed E-state index contributed by atoms with van der Waals surface area (Å²) in [5, 5.41) is 4.57. The molecular formula is C16H21BrN2S. The number of thioether (sulfide) groups is 1. The maximum absolute atomic E-state index is 5.02. The first-order valence-electron chi connectivity index (χ1n) is 7.32. The largest absolute Gasteiger partial charge is 0.334 e. The van der Waals surface area contributed by atoms with E-state index >= 15 is 0 Å². The Morgan fingerprint density at radius 2 is 2.10 bits per heavy atom. The zero-order chi connectivity index (χ0) is 14.2. The Kier molecular flexibility index (Phi) is 4.14. The molecule has 0 saturated heterocycles. The lowest BCUT2D eigenvalue weighted by molar-refractivity contribution is 0.273. The van der Waals surface area contributed by atoms with Gasteiger partial charge in [-0.25, -0.2) is 0 Å². The first-order chi connectivity index (χ1) is 9.56. The van der Waals surface area contributed by atoms with Crippen LogP contribution < -0.4 is 5.32 Å².